The third-order valence-electron chi connectivity index (χ3n) is 3.34. The first-order valence-corrected chi connectivity index (χ1v) is 7.30. The Labute approximate surface area is 135 Å². The highest BCUT2D eigenvalue weighted by Crippen LogP contribution is 2.10. The number of carbonyl (C=O) groups excluding carboxylic acids is 1. The molecule has 2 rings (SSSR count). The summed E-state index contributed by atoms with van der Waals surface area (Å²) in [6.07, 6.45) is 0.310. The molecule has 0 aliphatic rings. The molecule has 0 fully saturated rings. The number of carbonyl (C=O) groups is 1. The molecule has 0 bridgehead atoms. The molecule has 0 aromatic heterocycles. The zero-order valence-corrected chi connectivity index (χ0v) is 12.9. The van der Waals surface area contributed by atoms with Crippen molar-refractivity contribution in [2.75, 3.05) is 18.9 Å². The maximum atomic E-state index is 13.1. The third kappa shape index (κ3) is 5.53. The zero-order chi connectivity index (χ0) is 16.7. The van der Waals surface area contributed by atoms with Gasteiger partial charge in [0.2, 0.25) is 5.91 Å². The van der Waals surface area contributed by atoms with E-state index >= 15 is 0 Å². The first kappa shape index (κ1) is 16.7. The highest BCUT2D eigenvalue weighted by molar-refractivity contribution is 5.90. The molecule has 2 aromatic rings. The van der Waals surface area contributed by atoms with E-state index in [2.05, 4.69) is 11.4 Å². The second-order valence-electron chi connectivity index (χ2n) is 5.36. The number of benzene rings is 2. The fraction of sp³-hybridized carbons (Fsp3) is 0.222. The van der Waals surface area contributed by atoms with E-state index in [9.17, 15) is 9.18 Å². The molecule has 0 aliphatic carbocycles. The number of hydrogen-bond donors (Lipinski definition) is 1. The lowest BCUT2D eigenvalue weighted by Gasteiger charge is -2.16. The number of hydrogen-bond acceptors (Lipinski definition) is 3. The summed E-state index contributed by atoms with van der Waals surface area (Å²) >= 11 is 0. The Morgan fingerprint density at radius 3 is 2.78 bits per heavy atom. The Kier molecular flexibility index (Phi) is 5.84. The lowest BCUT2D eigenvalue weighted by molar-refractivity contribution is -0.116. The van der Waals surface area contributed by atoms with Crippen LogP contribution in [0.15, 0.2) is 48.5 Å². The van der Waals surface area contributed by atoms with Crippen LogP contribution in [0.2, 0.25) is 0 Å². The molecule has 0 spiro atoms. The van der Waals surface area contributed by atoms with Crippen LogP contribution in [0.1, 0.15) is 17.5 Å². The van der Waals surface area contributed by atoms with Gasteiger partial charge in [-0.05, 0) is 42.9 Å². The predicted octanol–water partition coefficient (Wildman–Crippen LogP) is 3.16. The molecule has 1 N–H and O–H groups in total. The molecule has 23 heavy (non-hydrogen) atoms. The van der Waals surface area contributed by atoms with Gasteiger partial charge in [0, 0.05) is 25.2 Å². The van der Waals surface area contributed by atoms with Crippen molar-refractivity contribution in [1.82, 2.24) is 4.90 Å². The SMILES string of the molecule is CN(CCC(=O)Nc1cccc(F)c1)Cc1cccc(C#N)c1. The van der Waals surface area contributed by atoms with Crippen molar-refractivity contribution in [3.63, 3.8) is 0 Å². The molecule has 0 saturated carbocycles. The minimum absolute atomic E-state index is 0.159. The summed E-state index contributed by atoms with van der Waals surface area (Å²) in [7, 11) is 1.91. The van der Waals surface area contributed by atoms with Crippen LogP contribution in [-0.2, 0) is 11.3 Å². The zero-order valence-electron chi connectivity index (χ0n) is 12.9. The smallest absolute Gasteiger partial charge is 0.225 e. The maximum Gasteiger partial charge on any atom is 0.225 e. The lowest BCUT2D eigenvalue weighted by atomic mass is 10.1. The van der Waals surface area contributed by atoms with Crippen LogP contribution in [0.5, 0.6) is 0 Å². The van der Waals surface area contributed by atoms with Crippen molar-refractivity contribution < 1.29 is 9.18 Å². The Bertz CT molecular complexity index is 724. The van der Waals surface area contributed by atoms with Gasteiger partial charge in [-0.25, -0.2) is 4.39 Å². The molecule has 4 nitrogen and oxygen atoms in total. The van der Waals surface area contributed by atoms with Crippen molar-refractivity contribution in [3.05, 3.63) is 65.5 Å². The minimum Gasteiger partial charge on any atom is -0.326 e. The summed E-state index contributed by atoms with van der Waals surface area (Å²) in [4.78, 5) is 13.9. The second kappa shape index (κ2) is 8.06. The number of nitrogens with one attached hydrogen (secondary N) is 1. The van der Waals surface area contributed by atoms with Gasteiger partial charge < -0.3 is 10.2 Å². The molecule has 2 aromatic carbocycles. The van der Waals surface area contributed by atoms with Crippen molar-refractivity contribution in [2.24, 2.45) is 0 Å². The molecule has 0 atom stereocenters. The topological polar surface area (TPSA) is 56.1 Å². The third-order valence-corrected chi connectivity index (χ3v) is 3.34. The largest absolute Gasteiger partial charge is 0.326 e. The van der Waals surface area contributed by atoms with Crippen LogP contribution in [0.25, 0.3) is 0 Å². The highest BCUT2D eigenvalue weighted by Gasteiger charge is 2.07. The summed E-state index contributed by atoms with van der Waals surface area (Å²) in [6, 6.07) is 15.3. The first-order chi connectivity index (χ1) is 11.1. The molecule has 0 aliphatic heterocycles. The Morgan fingerprint density at radius 1 is 1.26 bits per heavy atom. The monoisotopic (exact) mass is 311 g/mol. The van der Waals surface area contributed by atoms with E-state index in [1.54, 1.807) is 18.2 Å². The Balaban J connectivity index is 1.80. The number of nitriles is 1. The normalized spacial score (nSPS) is 10.3. The molecule has 118 valence electrons. The van der Waals surface area contributed by atoms with Gasteiger partial charge in [0.25, 0.3) is 0 Å². The van der Waals surface area contributed by atoms with Crippen molar-refractivity contribution in [2.45, 2.75) is 13.0 Å². The number of rotatable bonds is 6. The standard InChI is InChI=1S/C18H18FN3O/c1-22(13-15-5-2-4-14(10-15)12-20)9-8-18(23)21-17-7-3-6-16(19)11-17/h2-7,10-11H,8-9,13H2,1H3,(H,21,23). The number of halogens is 1. The predicted molar refractivity (Wildman–Crippen MR) is 87.1 cm³/mol. The van der Waals surface area contributed by atoms with Gasteiger partial charge in [-0.1, -0.05) is 18.2 Å². The van der Waals surface area contributed by atoms with Crippen LogP contribution in [0, 0.1) is 17.1 Å². The van der Waals surface area contributed by atoms with Gasteiger partial charge in [-0.2, -0.15) is 5.26 Å². The Hall–Kier alpha value is -2.71. The quantitative estimate of drug-likeness (QED) is 0.891. The lowest BCUT2D eigenvalue weighted by Crippen LogP contribution is -2.24. The van der Waals surface area contributed by atoms with E-state index in [0.29, 0.717) is 30.8 Å². The van der Waals surface area contributed by atoms with Crippen molar-refractivity contribution in [1.29, 1.82) is 5.26 Å². The summed E-state index contributed by atoms with van der Waals surface area (Å²) in [5.74, 6) is -0.537. The van der Waals surface area contributed by atoms with E-state index in [4.69, 9.17) is 5.26 Å². The highest BCUT2D eigenvalue weighted by atomic mass is 19.1. The minimum atomic E-state index is -0.378. The van der Waals surface area contributed by atoms with E-state index in [1.165, 1.54) is 12.1 Å². The fourth-order valence-electron chi connectivity index (χ4n) is 2.21. The van der Waals surface area contributed by atoms with Gasteiger partial charge in [0.15, 0.2) is 0 Å². The van der Waals surface area contributed by atoms with Crippen LogP contribution >= 0.6 is 0 Å². The molecule has 1 amide bonds. The number of amides is 1. The molecule has 5 heteroatoms. The van der Waals surface area contributed by atoms with E-state index < -0.39 is 0 Å². The van der Waals surface area contributed by atoms with Gasteiger partial charge in [0.1, 0.15) is 5.82 Å². The summed E-state index contributed by atoms with van der Waals surface area (Å²) in [5.41, 5.74) is 2.11. The second-order valence-corrected chi connectivity index (χ2v) is 5.36. The van der Waals surface area contributed by atoms with Gasteiger partial charge in [0.05, 0.1) is 11.6 Å². The van der Waals surface area contributed by atoms with E-state index in [0.717, 1.165) is 5.56 Å². The molecule has 0 heterocycles. The van der Waals surface area contributed by atoms with E-state index in [1.807, 2.05) is 30.1 Å². The van der Waals surface area contributed by atoms with Gasteiger partial charge in [-0.3, -0.25) is 4.79 Å². The molecule has 0 unspecified atom stereocenters. The Morgan fingerprint density at radius 2 is 2.04 bits per heavy atom. The van der Waals surface area contributed by atoms with Gasteiger partial charge in [-0.15, -0.1) is 0 Å². The van der Waals surface area contributed by atoms with E-state index in [-0.39, 0.29) is 11.7 Å². The van der Waals surface area contributed by atoms with Crippen LogP contribution in [0.3, 0.4) is 0 Å². The first-order valence-electron chi connectivity index (χ1n) is 7.30. The van der Waals surface area contributed by atoms with Crippen molar-refractivity contribution in [3.8, 4) is 6.07 Å². The maximum absolute atomic E-state index is 13.1. The summed E-state index contributed by atoms with van der Waals surface area (Å²) in [6.45, 7) is 1.22. The summed E-state index contributed by atoms with van der Waals surface area (Å²) in [5, 5.41) is 11.6. The molecular formula is C18H18FN3O. The average Bonchev–Trinajstić information content (AvgIpc) is 2.53. The average molecular weight is 311 g/mol. The van der Waals surface area contributed by atoms with Crippen LogP contribution in [-0.4, -0.2) is 24.4 Å². The summed E-state index contributed by atoms with van der Waals surface area (Å²) < 4.78 is 13.1. The fourth-order valence-corrected chi connectivity index (χ4v) is 2.21. The number of anilines is 1. The molecule has 0 radical (unpaired) electrons. The van der Waals surface area contributed by atoms with Crippen LogP contribution in [0.4, 0.5) is 10.1 Å². The van der Waals surface area contributed by atoms with Crippen molar-refractivity contribution >= 4 is 11.6 Å². The number of nitrogens with zero attached hydrogens (tertiary/aromatic N) is 2. The molecule has 0 saturated heterocycles. The van der Waals surface area contributed by atoms with Gasteiger partial charge >= 0.3 is 0 Å². The van der Waals surface area contributed by atoms with Crippen LogP contribution < -0.4 is 5.32 Å². The molecular weight excluding hydrogens is 293 g/mol.